The minimum Gasteiger partial charge on any atom is -0.478 e. The smallest absolute Gasteiger partial charge is 0.407 e. The predicted molar refractivity (Wildman–Crippen MR) is 436 cm³/mol. The number of hydrogen-bond acceptors (Lipinski definition) is 22. The fourth-order valence-corrected chi connectivity index (χ4v) is 8.88. The molecule has 0 saturated carbocycles. The normalized spacial score (nSPS) is 11.9. The number of aliphatic hydroxyl groups excluding tert-OH is 2. The first-order valence-electron chi connectivity index (χ1n) is 35.8. The second kappa shape index (κ2) is 51.0. The number of ether oxygens (including phenoxy) is 6. The molecule has 5 amide bonds. The van der Waals surface area contributed by atoms with Crippen LogP contribution in [0.5, 0.6) is 0 Å². The SMILES string of the molecule is COC(=O)[C@@H](N)[C@@H](C)NC(=O)OC(C)(C)C.COC(=O)[C@@H](NC(=O)c1ccc(C#CC#Cc2ccc(CO)cc2)cc1)[C@@H](C)NC(=O)OC(C)(C)C.COC(=O)[C@@H](NC(=O)c1ccc(C#CC#Cc2ccc(COS(C)(=O)=O)cc2)cc1)[C@@H](C)NC(=O)OC(C)(C)C.NCC(F)F.O=C(O)c1ccc(C#CC#Cc2ccc(CO)cc2)cc1. The Morgan fingerprint density at radius 2 is 0.661 bits per heavy atom. The van der Waals surface area contributed by atoms with E-state index in [1.165, 1.54) is 33.5 Å². The van der Waals surface area contributed by atoms with Gasteiger partial charge in [0.1, 0.15) is 34.9 Å². The molecule has 31 heteroatoms. The summed E-state index contributed by atoms with van der Waals surface area (Å²) in [7, 11) is 0.108. The number of alkyl carbamates (subject to hydrolysis) is 3. The molecule has 6 atom stereocenters. The van der Waals surface area contributed by atoms with Crippen molar-refractivity contribution in [3.05, 3.63) is 212 Å². The number of hydrogen-bond donors (Lipinski definition) is 10. The maximum Gasteiger partial charge on any atom is 0.407 e. The van der Waals surface area contributed by atoms with E-state index in [2.05, 4.69) is 108 Å². The number of esters is 3. The van der Waals surface area contributed by atoms with Crippen molar-refractivity contribution >= 4 is 64.1 Å². The van der Waals surface area contributed by atoms with Crippen LogP contribution < -0.4 is 38.1 Å². The number of nitrogens with one attached hydrogen (secondary N) is 5. The van der Waals surface area contributed by atoms with Gasteiger partial charge in [0.25, 0.3) is 28.4 Å². The Bertz CT molecular complexity index is 4860. The number of alkyl halides is 2. The number of benzene rings is 6. The van der Waals surface area contributed by atoms with Crippen molar-refractivity contribution in [2.24, 2.45) is 11.5 Å². The zero-order chi connectivity index (χ0) is 88.9. The summed E-state index contributed by atoms with van der Waals surface area (Å²) < 4.78 is 77.6. The Balaban J connectivity index is 0.000000550. The van der Waals surface area contributed by atoms with E-state index in [4.69, 9.17) is 48.9 Å². The minimum absolute atomic E-state index is 0.0137. The van der Waals surface area contributed by atoms with Gasteiger partial charge in [-0.05, 0) is 244 Å². The second-order valence-corrected chi connectivity index (χ2v) is 29.5. The van der Waals surface area contributed by atoms with Crippen LogP contribution in [0.1, 0.15) is 164 Å². The van der Waals surface area contributed by atoms with E-state index in [0.29, 0.717) is 33.4 Å². The first-order valence-corrected chi connectivity index (χ1v) is 37.6. The lowest BCUT2D eigenvalue weighted by molar-refractivity contribution is -0.144. The van der Waals surface area contributed by atoms with Gasteiger partial charge in [-0.15, -0.1) is 0 Å². The number of amides is 5. The monoisotopic (exact) mass is 1650 g/mol. The van der Waals surface area contributed by atoms with Crippen LogP contribution in [0.3, 0.4) is 0 Å². The lowest BCUT2D eigenvalue weighted by atomic mass is 10.1. The van der Waals surface area contributed by atoms with Crippen molar-refractivity contribution in [3.63, 3.8) is 0 Å². The van der Waals surface area contributed by atoms with E-state index < -0.39 is 130 Å². The molecule has 0 unspecified atom stereocenters. The maximum atomic E-state index is 12.8. The number of nitrogens with two attached hydrogens (primary N) is 2. The Labute approximate surface area is 687 Å². The Kier molecular flexibility index (Phi) is 43.6. The molecule has 0 fully saturated rings. The number of carboxylic acid groups (broad SMARTS) is 1. The zero-order valence-corrected chi connectivity index (χ0v) is 69.1. The van der Waals surface area contributed by atoms with Gasteiger partial charge in [0.05, 0.1) is 77.6 Å². The standard InChI is InChI=1S/C29H32N2O8S.C28H30N2O6.C18H12O3.C10H20N2O4.C2H5F2N/c1-20(30-28(34)39-29(2,3)4)25(27(33)37-5)31-26(32)24-17-15-22(16-18-24)10-8-7-9-21-11-13-23(14-12-21)19-38-40(6,35)36;1-19(29-27(34)36-28(2,3)4)24(26(33)35-5)30-25(32)23-16-14-21(15-17-23)9-7-6-8-20-10-12-22(18-31)13-11-20;19-13-16-7-5-14(6-8-16)3-1-2-4-15-9-11-17(12-10-15)18(20)21;1-6(7(11)8(13)15-5)12-9(14)16-10(2,3)4;3-2(4)1-5/h11-18,20,25H,19H2,1-6H3,(H,30,34)(H,31,32);10-17,19,24,31H,18H2,1-5H3,(H,29,34)(H,30,32);5-12,19H,13H2,(H,20,21);6-7H,11H2,1-5H3,(H,12,14);2H,1,5H2/t20-,25+;19-,24+;;6-,7+;/m11.1./s1. The summed E-state index contributed by atoms with van der Waals surface area (Å²) in [5.74, 6) is 29.7. The highest BCUT2D eigenvalue weighted by Crippen LogP contribution is 2.15. The summed E-state index contributed by atoms with van der Waals surface area (Å²) in [5, 5.41) is 39.5. The van der Waals surface area contributed by atoms with Gasteiger partial charge in [-0.2, -0.15) is 8.42 Å². The molecule has 628 valence electrons. The van der Waals surface area contributed by atoms with Crippen LogP contribution in [-0.4, -0.2) is 171 Å². The van der Waals surface area contributed by atoms with Crippen LogP contribution in [0, 0.1) is 71.0 Å². The van der Waals surface area contributed by atoms with E-state index >= 15 is 0 Å². The predicted octanol–water partition coefficient (Wildman–Crippen LogP) is 8.41. The van der Waals surface area contributed by atoms with Crippen molar-refractivity contribution in [2.75, 3.05) is 34.1 Å². The fourth-order valence-electron chi connectivity index (χ4n) is 8.53. The first-order chi connectivity index (χ1) is 55.3. The topological polar surface area (TPSA) is 425 Å². The summed E-state index contributed by atoms with van der Waals surface area (Å²) >= 11 is 0. The number of methoxy groups -OCH3 is 3. The molecule has 28 nitrogen and oxygen atoms in total. The summed E-state index contributed by atoms with van der Waals surface area (Å²) in [4.78, 5) is 107. The van der Waals surface area contributed by atoms with Gasteiger partial charge in [0.2, 0.25) is 0 Å². The molecule has 6 aromatic carbocycles. The van der Waals surface area contributed by atoms with Crippen molar-refractivity contribution in [1.82, 2.24) is 26.6 Å². The van der Waals surface area contributed by atoms with Crippen LogP contribution >= 0.6 is 0 Å². The van der Waals surface area contributed by atoms with Crippen molar-refractivity contribution in [3.8, 4) is 71.0 Å². The summed E-state index contributed by atoms with van der Waals surface area (Å²) in [6, 6.07) is 35.1. The molecule has 0 bridgehead atoms. The lowest BCUT2D eigenvalue weighted by Crippen LogP contribution is -2.55. The molecule has 0 aliphatic rings. The molecule has 0 spiro atoms. The van der Waals surface area contributed by atoms with E-state index in [9.17, 15) is 60.3 Å². The minimum atomic E-state index is -3.51. The van der Waals surface area contributed by atoms with Gasteiger partial charge in [-0.25, -0.2) is 37.5 Å². The Morgan fingerprint density at radius 3 is 0.890 bits per heavy atom. The third-order valence-corrected chi connectivity index (χ3v) is 15.0. The number of aliphatic hydroxyl groups is 2. The Morgan fingerprint density at radius 1 is 0.415 bits per heavy atom. The fraction of sp³-hybridized carbons (Fsp3) is 0.345. The first kappa shape index (κ1) is 101. The van der Waals surface area contributed by atoms with Gasteiger partial charge in [-0.3, -0.25) is 18.6 Å². The Hall–Kier alpha value is -13.1. The van der Waals surface area contributed by atoms with Crippen LogP contribution in [0.2, 0.25) is 0 Å². The molecular weight excluding hydrogens is 1550 g/mol. The van der Waals surface area contributed by atoms with Crippen molar-refractivity contribution in [1.29, 1.82) is 0 Å². The number of carboxylic acids is 1. The molecule has 6 aromatic rings. The third kappa shape index (κ3) is 43.4. The second-order valence-electron chi connectivity index (χ2n) is 27.8. The highest BCUT2D eigenvalue weighted by Gasteiger charge is 2.33. The van der Waals surface area contributed by atoms with Gasteiger partial charge in [0, 0.05) is 44.5 Å². The van der Waals surface area contributed by atoms with Gasteiger partial charge in [0.15, 0.2) is 0 Å². The zero-order valence-electron chi connectivity index (χ0n) is 68.2. The van der Waals surface area contributed by atoms with Gasteiger partial charge >= 0.3 is 42.2 Å². The third-order valence-electron chi connectivity index (χ3n) is 14.4. The molecule has 0 aromatic heterocycles. The highest BCUT2D eigenvalue weighted by molar-refractivity contribution is 7.85. The van der Waals surface area contributed by atoms with Crippen LogP contribution in [0.15, 0.2) is 146 Å². The molecule has 0 aliphatic carbocycles. The molecule has 0 saturated heterocycles. The number of carbonyl (C=O) groups is 9. The number of halogens is 2. The van der Waals surface area contributed by atoms with Gasteiger partial charge in [-0.1, -0.05) is 71.9 Å². The number of carbonyl (C=O) groups excluding carboxylic acids is 8. The molecule has 118 heavy (non-hydrogen) atoms. The van der Waals surface area contributed by atoms with Crippen LogP contribution in [-0.2, 0) is 76.9 Å². The highest BCUT2D eigenvalue weighted by atomic mass is 32.2. The summed E-state index contributed by atoms with van der Waals surface area (Å²) in [6.45, 7) is 19.6. The van der Waals surface area contributed by atoms with E-state index in [-0.39, 0.29) is 30.9 Å². The van der Waals surface area contributed by atoms with E-state index in [1.807, 2.05) is 24.3 Å². The number of rotatable bonds is 20. The van der Waals surface area contributed by atoms with E-state index in [1.54, 1.807) is 192 Å². The van der Waals surface area contributed by atoms with Crippen molar-refractivity contribution in [2.45, 2.75) is 162 Å². The van der Waals surface area contributed by atoms with E-state index in [0.717, 1.165) is 28.5 Å². The lowest BCUT2D eigenvalue weighted by Gasteiger charge is -2.26. The van der Waals surface area contributed by atoms with Crippen molar-refractivity contribution < 1.29 is 108 Å². The average molecular weight is 1650 g/mol. The van der Waals surface area contributed by atoms with Crippen LogP contribution in [0.25, 0.3) is 0 Å². The molecular formula is C87H99F2N7O21S. The maximum absolute atomic E-state index is 12.8. The average Bonchev–Trinajstić information content (AvgIpc) is 0.852. The molecule has 0 heterocycles. The molecule has 0 radical (unpaired) electrons. The summed E-state index contributed by atoms with van der Waals surface area (Å²) in [5.41, 5.74) is 15.4. The quantitative estimate of drug-likeness (QED) is 0.0148. The summed E-state index contributed by atoms with van der Waals surface area (Å²) in [6.07, 6.45) is -3.41. The number of aromatic carboxylic acids is 1. The largest absolute Gasteiger partial charge is 0.478 e. The van der Waals surface area contributed by atoms with Crippen LogP contribution in [0.4, 0.5) is 23.2 Å². The van der Waals surface area contributed by atoms with Gasteiger partial charge < -0.3 is 81.8 Å². The molecule has 6 rings (SSSR count). The molecule has 12 N–H and O–H groups in total. The molecule has 0 aliphatic heterocycles.